The molecule has 1 aromatic heterocycles. The van der Waals surface area contributed by atoms with Gasteiger partial charge < -0.3 is 20.9 Å². The largest absolute Gasteiger partial charge is 2.00 e. The van der Waals surface area contributed by atoms with Gasteiger partial charge in [0.15, 0.2) is 0 Å². The third kappa shape index (κ3) is 6.41. The number of ether oxygens (including phenoxy) is 1. The van der Waals surface area contributed by atoms with Crippen LogP contribution in [0.15, 0.2) is 53.8 Å². The minimum atomic E-state index is 0. The number of hydrogen-bond donors (Lipinski definition) is 0. The number of hydrogen-bond acceptors (Lipinski definition) is 6. The van der Waals surface area contributed by atoms with Crippen molar-refractivity contribution in [2.75, 3.05) is 7.11 Å². The minimum Gasteiger partial charge on any atom is -0.497 e. The van der Waals surface area contributed by atoms with Gasteiger partial charge in [0.05, 0.1) is 25.0 Å². The van der Waals surface area contributed by atoms with Gasteiger partial charge >= 0.3 is 16.5 Å². The van der Waals surface area contributed by atoms with Crippen LogP contribution in [0.4, 0.5) is 0 Å². The van der Waals surface area contributed by atoms with Crippen molar-refractivity contribution in [3.63, 3.8) is 0 Å². The van der Waals surface area contributed by atoms with Crippen LogP contribution >= 0.6 is 11.3 Å². The average Bonchev–Trinajstić information content (AvgIpc) is 3.51. The molecule has 0 amide bonds. The average molecular weight is 456 g/mol. The second-order valence-corrected chi connectivity index (χ2v) is 6.81. The molecule has 2 aliphatic carbocycles. The fourth-order valence-electron chi connectivity index (χ4n) is 2.39. The molecule has 5 nitrogen and oxygen atoms in total. The molecule has 150 valence electrons. The number of aromatic nitrogens is 2. The molecule has 2 aliphatic rings. The van der Waals surface area contributed by atoms with Crippen molar-refractivity contribution >= 4 is 23.2 Å². The Morgan fingerprint density at radius 3 is 2.87 bits per heavy atom. The summed E-state index contributed by atoms with van der Waals surface area (Å²) >= 11 is 1.37. The number of rotatable bonds is 3. The summed E-state index contributed by atoms with van der Waals surface area (Å²) in [6.45, 7) is 0. The van der Waals surface area contributed by atoms with Crippen molar-refractivity contribution in [2.24, 2.45) is 5.92 Å². The van der Waals surface area contributed by atoms with E-state index in [-0.39, 0.29) is 16.5 Å². The summed E-state index contributed by atoms with van der Waals surface area (Å²) in [5.41, 5.74) is 7.79. The first kappa shape index (κ1) is 23.1. The van der Waals surface area contributed by atoms with Crippen LogP contribution in [-0.4, -0.2) is 23.6 Å². The zero-order chi connectivity index (χ0) is 20.5. The van der Waals surface area contributed by atoms with Crippen LogP contribution in [0.1, 0.15) is 29.0 Å². The van der Waals surface area contributed by atoms with Crippen LogP contribution in [-0.2, 0) is 21.3 Å². The van der Waals surface area contributed by atoms with E-state index in [0.717, 1.165) is 5.01 Å². The Bertz CT molecular complexity index is 1120. The smallest absolute Gasteiger partial charge is 0.497 e. The Morgan fingerprint density at radius 2 is 2.23 bits per heavy atom. The molecule has 0 radical (unpaired) electrons. The van der Waals surface area contributed by atoms with Crippen LogP contribution in [0.3, 0.4) is 0 Å². The summed E-state index contributed by atoms with van der Waals surface area (Å²) in [5.74, 6) is 7.28. The molecular formula is C23H15N3NiO2S. The Labute approximate surface area is 189 Å². The second kappa shape index (κ2) is 11.7. The SMILES string of the molecule is C(#CC1CC1)c1nn[c-]s1.COc1ccc(C#N)cc1C1=C([C-]=O)C=CC=C=C1.[Ni+2]. The predicted molar refractivity (Wildman–Crippen MR) is 110 cm³/mol. The molecule has 2 aromatic rings. The van der Waals surface area contributed by atoms with E-state index in [1.54, 1.807) is 49.6 Å². The molecule has 4 rings (SSSR count). The third-order valence-corrected chi connectivity index (χ3v) is 4.54. The van der Waals surface area contributed by atoms with Gasteiger partial charge in [-0.15, -0.1) is 34.8 Å². The van der Waals surface area contributed by atoms with E-state index in [1.807, 2.05) is 6.29 Å². The maximum absolute atomic E-state index is 11.0. The van der Waals surface area contributed by atoms with Gasteiger partial charge in [-0.25, -0.2) is 5.10 Å². The summed E-state index contributed by atoms with van der Waals surface area (Å²) in [7, 11) is 1.54. The molecule has 0 spiro atoms. The van der Waals surface area contributed by atoms with Gasteiger partial charge in [0, 0.05) is 10.9 Å². The van der Waals surface area contributed by atoms with Crippen LogP contribution in [0, 0.1) is 34.6 Å². The normalized spacial score (nSPS) is 13.6. The topological polar surface area (TPSA) is 75.9 Å². The van der Waals surface area contributed by atoms with Crippen LogP contribution in [0.25, 0.3) is 5.57 Å². The van der Waals surface area contributed by atoms with Gasteiger partial charge in [-0.2, -0.15) is 11.3 Å². The fourth-order valence-corrected chi connectivity index (χ4v) is 2.75. The molecule has 1 fully saturated rings. The van der Waals surface area contributed by atoms with Crippen LogP contribution in [0.2, 0.25) is 0 Å². The molecule has 0 unspecified atom stereocenters. The molecule has 0 aliphatic heterocycles. The van der Waals surface area contributed by atoms with Crippen molar-refractivity contribution in [1.82, 2.24) is 10.2 Å². The van der Waals surface area contributed by atoms with Crippen molar-refractivity contribution in [2.45, 2.75) is 12.8 Å². The molecule has 0 bridgehead atoms. The Kier molecular flexibility index (Phi) is 9.01. The minimum absolute atomic E-state index is 0. The van der Waals surface area contributed by atoms with E-state index in [2.05, 4.69) is 39.3 Å². The fraction of sp³-hybridized carbons (Fsp3) is 0.174. The number of methoxy groups -OCH3 is 1. The quantitative estimate of drug-likeness (QED) is 0.304. The summed E-state index contributed by atoms with van der Waals surface area (Å²) in [5, 5.41) is 17.1. The number of nitrogens with zero attached hydrogens (tertiary/aromatic N) is 3. The first-order chi connectivity index (χ1) is 14.2. The van der Waals surface area contributed by atoms with Crippen molar-refractivity contribution in [1.29, 1.82) is 5.26 Å². The molecular weight excluding hydrogens is 441 g/mol. The number of benzene rings is 1. The molecule has 1 saturated carbocycles. The van der Waals surface area contributed by atoms with E-state index < -0.39 is 0 Å². The van der Waals surface area contributed by atoms with Gasteiger partial charge in [0.1, 0.15) is 5.75 Å². The van der Waals surface area contributed by atoms with Crippen molar-refractivity contribution < 1.29 is 26.0 Å². The standard InChI is InChI=1S/C16H10NO2.C7H5N2S.Ni/c1-19-16-8-7-12(10-17)9-15(16)14-6-4-2-3-5-13(14)11-18;1-2-6(1)3-4-7-9-8-5-10-7;/h2-3,5-9H,1H3;6H,1-2H2;/q2*-1;+2. The summed E-state index contributed by atoms with van der Waals surface area (Å²) in [6.07, 6.45) is 11.2. The van der Waals surface area contributed by atoms with E-state index in [4.69, 9.17) is 10.00 Å². The van der Waals surface area contributed by atoms with Gasteiger partial charge in [0.2, 0.25) is 0 Å². The molecule has 1 heterocycles. The van der Waals surface area contributed by atoms with Gasteiger partial charge in [-0.3, -0.25) is 5.10 Å². The second-order valence-electron chi connectivity index (χ2n) is 6.04. The number of allylic oxidation sites excluding steroid dienone is 5. The van der Waals surface area contributed by atoms with E-state index in [0.29, 0.717) is 33.9 Å². The van der Waals surface area contributed by atoms with Crippen LogP contribution in [0.5, 0.6) is 5.75 Å². The summed E-state index contributed by atoms with van der Waals surface area (Å²) < 4.78 is 5.28. The number of carbonyl (C=O) groups excluding carboxylic acids is 1. The van der Waals surface area contributed by atoms with Crippen molar-refractivity contribution in [3.05, 3.63) is 75.5 Å². The van der Waals surface area contributed by atoms with E-state index >= 15 is 0 Å². The zero-order valence-electron chi connectivity index (χ0n) is 15.9. The van der Waals surface area contributed by atoms with Crippen LogP contribution < -0.4 is 4.74 Å². The maximum Gasteiger partial charge on any atom is 2.00 e. The molecule has 0 saturated heterocycles. The Balaban J connectivity index is 0.000000245. The monoisotopic (exact) mass is 455 g/mol. The predicted octanol–water partition coefficient (Wildman–Crippen LogP) is 3.81. The summed E-state index contributed by atoms with van der Waals surface area (Å²) in [4.78, 5) is 11.0. The molecule has 0 N–H and O–H groups in total. The maximum atomic E-state index is 11.0. The molecule has 0 atom stereocenters. The third-order valence-electron chi connectivity index (χ3n) is 3.99. The van der Waals surface area contributed by atoms with Crippen molar-refractivity contribution in [3.8, 4) is 23.7 Å². The van der Waals surface area contributed by atoms with E-state index in [1.165, 1.54) is 24.2 Å². The zero-order valence-corrected chi connectivity index (χ0v) is 17.7. The number of nitriles is 1. The Morgan fingerprint density at radius 1 is 1.40 bits per heavy atom. The van der Waals surface area contributed by atoms with E-state index in [9.17, 15) is 4.79 Å². The summed E-state index contributed by atoms with van der Waals surface area (Å²) in [6, 6.07) is 7.12. The van der Waals surface area contributed by atoms with Gasteiger partial charge in [-0.1, -0.05) is 11.6 Å². The molecule has 1 aromatic carbocycles. The first-order valence-corrected chi connectivity index (χ1v) is 9.58. The molecule has 30 heavy (non-hydrogen) atoms. The van der Waals surface area contributed by atoms with Gasteiger partial charge in [0.25, 0.3) is 0 Å². The Hall–Kier alpha value is -3.21. The first-order valence-electron chi connectivity index (χ1n) is 8.76. The van der Waals surface area contributed by atoms with Gasteiger partial charge in [-0.05, 0) is 42.7 Å². The molecule has 7 heteroatoms.